The topological polar surface area (TPSA) is 30.9 Å². The van der Waals surface area contributed by atoms with Gasteiger partial charge in [-0.1, -0.05) is 26.7 Å². The molecule has 0 saturated carbocycles. The molecular weight excluding hydrogens is 387 g/mol. The van der Waals surface area contributed by atoms with Crippen LogP contribution in [0.3, 0.4) is 0 Å². The predicted molar refractivity (Wildman–Crippen MR) is 106 cm³/mol. The van der Waals surface area contributed by atoms with Crippen LogP contribution in [0.2, 0.25) is 0 Å². The third-order valence-electron chi connectivity index (χ3n) is 5.11. The fraction of sp³-hybridized carbons (Fsp3) is 0.941. The Balaban J connectivity index is 0.00000242. The van der Waals surface area contributed by atoms with Gasteiger partial charge in [0.15, 0.2) is 5.96 Å². The number of hydrogen-bond donors (Lipinski definition) is 1. The second-order valence-electron chi connectivity index (χ2n) is 6.51. The number of hydrogen-bond acceptors (Lipinski definition) is 2. The smallest absolute Gasteiger partial charge is 0.193 e. The van der Waals surface area contributed by atoms with Crippen LogP contribution in [-0.2, 0) is 0 Å². The minimum Gasteiger partial charge on any atom is -0.357 e. The van der Waals surface area contributed by atoms with Crippen molar-refractivity contribution >= 4 is 29.9 Å². The minimum atomic E-state index is 0. The largest absolute Gasteiger partial charge is 0.357 e. The highest BCUT2D eigenvalue weighted by Gasteiger charge is 2.30. The van der Waals surface area contributed by atoms with Gasteiger partial charge in [0.25, 0.3) is 0 Å². The summed E-state index contributed by atoms with van der Waals surface area (Å²) in [6.45, 7) is 13.6. The molecule has 1 atom stereocenters. The zero-order valence-electron chi connectivity index (χ0n) is 14.7. The Morgan fingerprint density at radius 1 is 1.14 bits per heavy atom. The van der Waals surface area contributed by atoms with Crippen molar-refractivity contribution in [2.45, 2.75) is 58.9 Å². The van der Waals surface area contributed by atoms with Crippen LogP contribution in [-0.4, -0.2) is 61.1 Å². The van der Waals surface area contributed by atoms with Crippen LogP contribution in [0, 0.1) is 5.92 Å². The first-order valence-corrected chi connectivity index (χ1v) is 9.05. The molecule has 2 heterocycles. The maximum Gasteiger partial charge on any atom is 0.193 e. The van der Waals surface area contributed by atoms with Gasteiger partial charge < -0.3 is 10.2 Å². The molecule has 0 aromatic rings. The Hall–Kier alpha value is -0.0400. The average Bonchev–Trinajstić information content (AvgIpc) is 3.18. The number of aliphatic imine (C=N–C) groups is 1. The molecule has 2 aliphatic heterocycles. The van der Waals surface area contributed by atoms with E-state index in [2.05, 4.69) is 35.9 Å². The Labute approximate surface area is 154 Å². The maximum atomic E-state index is 4.91. The van der Waals surface area contributed by atoms with Gasteiger partial charge in [-0.3, -0.25) is 9.89 Å². The van der Waals surface area contributed by atoms with Gasteiger partial charge in [0, 0.05) is 32.2 Å². The lowest BCUT2D eigenvalue weighted by Crippen LogP contribution is -2.43. The molecule has 0 bridgehead atoms. The van der Waals surface area contributed by atoms with Crippen LogP contribution < -0.4 is 5.32 Å². The second-order valence-corrected chi connectivity index (χ2v) is 6.51. The number of nitrogens with one attached hydrogen (secondary N) is 1. The van der Waals surface area contributed by atoms with Crippen molar-refractivity contribution in [2.75, 3.05) is 39.3 Å². The Bertz CT molecular complexity index is 325. The standard InChI is InChI=1S/C17H34N4.HI/c1-4-15(5-2)13-19-17(18-6-3)21-12-9-16(14-21)20-10-7-8-11-20;/h15-16H,4-14H2,1-3H3,(H,18,19);1H. The molecule has 0 aromatic carbocycles. The molecular formula is C17H35IN4. The average molecular weight is 422 g/mol. The summed E-state index contributed by atoms with van der Waals surface area (Å²) in [5.41, 5.74) is 0. The normalized spacial score (nSPS) is 23.2. The number of likely N-dealkylation sites (tertiary alicyclic amines) is 2. The summed E-state index contributed by atoms with van der Waals surface area (Å²) in [5, 5.41) is 3.50. The summed E-state index contributed by atoms with van der Waals surface area (Å²) >= 11 is 0. The first-order chi connectivity index (χ1) is 10.3. The molecule has 0 aliphatic carbocycles. The van der Waals surface area contributed by atoms with Crippen molar-refractivity contribution in [3.63, 3.8) is 0 Å². The van der Waals surface area contributed by atoms with E-state index in [1.54, 1.807) is 0 Å². The SMILES string of the molecule is CCNC(=NCC(CC)CC)N1CCC(N2CCCC2)C1.I. The molecule has 2 rings (SSSR count). The van der Waals surface area contributed by atoms with E-state index in [1.165, 1.54) is 45.2 Å². The number of rotatable bonds is 6. The molecule has 2 saturated heterocycles. The van der Waals surface area contributed by atoms with Gasteiger partial charge in [-0.2, -0.15) is 0 Å². The van der Waals surface area contributed by atoms with Crippen LogP contribution in [0.4, 0.5) is 0 Å². The summed E-state index contributed by atoms with van der Waals surface area (Å²) in [4.78, 5) is 10.1. The summed E-state index contributed by atoms with van der Waals surface area (Å²) in [5.74, 6) is 1.88. The lowest BCUT2D eigenvalue weighted by molar-refractivity contribution is 0.249. The van der Waals surface area contributed by atoms with E-state index in [4.69, 9.17) is 4.99 Å². The first-order valence-electron chi connectivity index (χ1n) is 9.05. The zero-order chi connectivity index (χ0) is 15.1. The summed E-state index contributed by atoms with van der Waals surface area (Å²) < 4.78 is 0. The number of halogens is 1. The highest BCUT2D eigenvalue weighted by molar-refractivity contribution is 14.0. The van der Waals surface area contributed by atoms with E-state index >= 15 is 0 Å². The molecule has 5 heteroatoms. The lowest BCUT2D eigenvalue weighted by Gasteiger charge is -2.25. The molecule has 1 N–H and O–H groups in total. The Morgan fingerprint density at radius 2 is 1.82 bits per heavy atom. The summed E-state index contributed by atoms with van der Waals surface area (Å²) in [6.07, 6.45) is 6.54. The molecule has 2 aliphatic rings. The number of nitrogens with zero attached hydrogens (tertiary/aromatic N) is 3. The van der Waals surface area contributed by atoms with Crippen LogP contribution in [0.25, 0.3) is 0 Å². The number of guanidine groups is 1. The van der Waals surface area contributed by atoms with E-state index in [1.807, 2.05) is 0 Å². The van der Waals surface area contributed by atoms with E-state index < -0.39 is 0 Å². The highest BCUT2D eigenvalue weighted by Crippen LogP contribution is 2.20. The Morgan fingerprint density at radius 3 is 2.41 bits per heavy atom. The van der Waals surface area contributed by atoms with Crippen LogP contribution >= 0.6 is 24.0 Å². The minimum absolute atomic E-state index is 0. The van der Waals surface area contributed by atoms with Gasteiger partial charge in [-0.05, 0) is 45.2 Å². The fourth-order valence-electron chi connectivity index (χ4n) is 3.53. The first kappa shape index (κ1) is 20.0. The molecule has 0 aromatic heterocycles. The maximum absolute atomic E-state index is 4.91. The predicted octanol–water partition coefficient (Wildman–Crippen LogP) is 3.18. The van der Waals surface area contributed by atoms with Crippen molar-refractivity contribution in [2.24, 2.45) is 10.9 Å². The van der Waals surface area contributed by atoms with Crippen molar-refractivity contribution in [1.82, 2.24) is 15.1 Å². The fourth-order valence-corrected chi connectivity index (χ4v) is 3.53. The molecule has 1 unspecified atom stereocenters. The van der Waals surface area contributed by atoms with E-state index in [0.29, 0.717) is 0 Å². The van der Waals surface area contributed by atoms with Crippen molar-refractivity contribution in [3.8, 4) is 0 Å². The summed E-state index contributed by atoms with van der Waals surface area (Å²) in [7, 11) is 0. The molecule has 2 fully saturated rings. The van der Waals surface area contributed by atoms with Crippen molar-refractivity contribution < 1.29 is 0 Å². The molecule has 130 valence electrons. The third-order valence-corrected chi connectivity index (χ3v) is 5.11. The zero-order valence-corrected chi connectivity index (χ0v) is 17.0. The summed E-state index contributed by atoms with van der Waals surface area (Å²) in [6, 6.07) is 0.754. The van der Waals surface area contributed by atoms with Crippen LogP contribution in [0.15, 0.2) is 4.99 Å². The van der Waals surface area contributed by atoms with Gasteiger partial charge in [-0.25, -0.2) is 0 Å². The van der Waals surface area contributed by atoms with E-state index in [-0.39, 0.29) is 24.0 Å². The lowest BCUT2D eigenvalue weighted by atomic mass is 10.0. The monoisotopic (exact) mass is 422 g/mol. The molecule has 22 heavy (non-hydrogen) atoms. The molecule has 0 spiro atoms. The molecule has 0 radical (unpaired) electrons. The quantitative estimate of drug-likeness (QED) is 0.405. The third kappa shape index (κ3) is 5.55. The highest BCUT2D eigenvalue weighted by atomic mass is 127. The second kappa shape index (κ2) is 10.7. The van der Waals surface area contributed by atoms with Gasteiger partial charge >= 0.3 is 0 Å². The Kier molecular flexibility index (Phi) is 9.71. The van der Waals surface area contributed by atoms with Crippen molar-refractivity contribution in [1.29, 1.82) is 0 Å². The van der Waals surface area contributed by atoms with Gasteiger partial charge in [0.1, 0.15) is 0 Å². The van der Waals surface area contributed by atoms with E-state index in [9.17, 15) is 0 Å². The molecule has 0 amide bonds. The molecule has 4 nitrogen and oxygen atoms in total. The van der Waals surface area contributed by atoms with Crippen molar-refractivity contribution in [3.05, 3.63) is 0 Å². The van der Waals surface area contributed by atoms with E-state index in [0.717, 1.165) is 44.1 Å². The van der Waals surface area contributed by atoms with Crippen LogP contribution in [0.1, 0.15) is 52.9 Å². The van der Waals surface area contributed by atoms with Gasteiger partial charge in [0.2, 0.25) is 0 Å². The van der Waals surface area contributed by atoms with Crippen LogP contribution in [0.5, 0.6) is 0 Å². The van der Waals surface area contributed by atoms with Gasteiger partial charge in [-0.15, -0.1) is 24.0 Å². The van der Waals surface area contributed by atoms with Gasteiger partial charge in [0.05, 0.1) is 0 Å².